The first kappa shape index (κ1) is 11.4. The molecule has 2 aromatic rings. The monoisotopic (exact) mass is 240 g/mol. The summed E-state index contributed by atoms with van der Waals surface area (Å²) in [4.78, 5) is 4.35. The first-order valence-corrected chi connectivity index (χ1v) is 6.06. The predicted molar refractivity (Wildman–Crippen MR) is 63.1 cm³/mol. The lowest BCUT2D eigenvalue weighted by Gasteiger charge is -2.00. The van der Waals surface area contributed by atoms with Crippen molar-refractivity contribution in [3.63, 3.8) is 0 Å². The van der Waals surface area contributed by atoms with Gasteiger partial charge in [0.2, 0.25) is 0 Å². The molecule has 0 saturated heterocycles. The van der Waals surface area contributed by atoms with Gasteiger partial charge in [-0.3, -0.25) is 0 Å². The second-order valence-electron chi connectivity index (χ2n) is 3.51. The third-order valence-corrected chi connectivity index (χ3v) is 3.45. The lowest BCUT2D eigenvalue weighted by molar-refractivity contribution is 0.296. The van der Waals surface area contributed by atoms with Crippen molar-refractivity contribution in [2.45, 2.75) is 11.6 Å². The average molecular weight is 240 g/mol. The number of hydrogen-bond donors (Lipinski definition) is 1. The van der Waals surface area contributed by atoms with Gasteiger partial charge in [0.25, 0.3) is 0 Å². The minimum absolute atomic E-state index is 0.186. The zero-order valence-electron chi connectivity index (χ0n) is 8.98. The van der Waals surface area contributed by atoms with Crippen molar-refractivity contribution in [2.75, 3.05) is 12.4 Å². The molecule has 0 unspecified atom stereocenters. The Bertz CT molecular complexity index is 498. The highest BCUT2D eigenvalue weighted by molar-refractivity contribution is 7.99. The largest absolute Gasteiger partial charge is 0.396 e. The number of aromatic nitrogens is 2. The van der Waals surface area contributed by atoms with Gasteiger partial charge in [0.1, 0.15) is 5.82 Å². The standard InChI is InChI=1S/C11H13FN2OS/c1-14-10-4-3-8(12)7-9(10)13-11(14)16-6-2-5-15/h3-4,7,15H,2,5-6H2,1H3. The van der Waals surface area contributed by atoms with Crippen molar-refractivity contribution in [1.29, 1.82) is 0 Å². The molecule has 0 aliphatic rings. The molecule has 0 aliphatic carbocycles. The van der Waals surface area contributed by atoms with Gasteiger partial charge in [-0.1, -0.05) is 11.8 Å². The molecule has 0 amide bonds. The van der Waals surface area contributed by atoms with Crippen LogP contribution in [0.3, 0.4) is 0 Å². The zero-order chi connectivity index (χ0) is 11.5. The highest BCUT2D eigenvalue weighted by Crippen LogP contribution is 2.23. The van der Waals surface area contributed by atoms with Crippen molar-refractivity contribution >= 4 is 22.8 Å². The molecule has 0 radical (unpaired) electrons. The van der Waals surface area contributed by atoms with E-state index >= 15 is 0 Å². The van der Waals surface area contributed by atoms with Gasteiger partial charge in [-0.2, -0.15) is 0 Å². The molecule has 0 saturated carbocycles. The number of thioether (sulfide) groups is 1. The summed E-state index contributed by atoms with van der Waals surface area (Å²) in [5.74, 6) is 0.549. The number of imidazole rings is 1. The van der Waals surface area contributed by atoms with Crippen LogP contribution < -0.4 is 0 Å². The van der Waals surface area contributed by atoms with Crippen LogP contribution in [0.4, 0.5) is 4.39 Å². The second-order valence-corrected chi connectivity index (χ2v) is 4.57. The number of aliphatic hydroxyl groups is 1. The van der Waals surface area contributed by atoms with Crippen LogP contribution in [0, 0.1) is 5.82 Å². The van der Waals surface area contributed by atoms with E-state index in [0.29, 0.717) is 5.52 Å². The molecule has 0 atom stereocenters. The highest BCUT2D eigenvalue weighted by atomic mass is 32.2. The molecule has 1 aromatic carbocycles. The number of hydrogen-bond acceptors (Lipinski definition) is 3. The number of halogens is 1. The van der Waals surface area contributed by atoms with Gasteiger partial charge in [0, 0.05) is 25.5 Å². The molecule has 0 aliphatic heterocycles. The Morgan fingerprint density at radius 1 is 1.50 bits per heavy atom. The number of aryl methyl sites for hydroxylation is 1. The number of benzene rings is 1. The highest BCUT2D eigenvalue weighted by Gasteiger charge is 2.08. The second kappa shape index (κ2) is 4.84. The van der Waals surface area contributed by atoms with Gasteiger partial charge in [-0.15, -0.1) is 0 Å². The lowest BCUT2D eigenvalue weighted by atomic mass is 10.3. The van der Waals surface area contributed by atoms with Gasteiger partial charge in [-0.25, -0.2) is 9.37 Å². The van der Waals surface area contributed by atoms with Crippen LogP contribution in [0.1, 0.15) is 6.42 Å². The summed E-state index contributed by atoms with van der Waals surface area (Å²) in [5, 5.41) is 9.56. The quantitative estimate of drug-likeness (QED) is 0.657. The number of fused-ring (bicyclic) bond motifs is 1. The van der Waals surface area contributed by atoms with E-state index < -0.39 is 0 Å². The summed E-state index contributed by atoms with van der Waals surface area (Å²) in [6.45, 7) is 0.186. The molecule has 3 nitrogen and oxygen atoms in total. The smallest absolute Gasteiger partial charge is 0.168 e. The molecular weight excluding hydrogens is 227 g/mol. The molecule has 0 spiro atoms. The van der Waals surface area contributed by atoms with Gasteiger partial charge in [0.05, 0.1) is 11.0 Å². The van der Waals surface area contributed by atoms with Crippen molar-refractivity contribution in [3.05, 3.63) is 24.0 Å². The zero-order valence-corrected chi connectivity index (χ0v) is 9.80. The number of aliphatic hydroxyl groups excluding tert-OH is 1. The Morgan fingerprint density at radius 3 is 3.06 bits per heavy atom. The molecule has 1 aromatic heterocycles. The minimum atomic E-state index is -0.266. The van der Waals surface area contributed by atoms with E-state index in [1.54, 1.807) is 17.8 Å². The normalized spacial score (nSPS) is 11.2. The van der Waals surface area contributed by atoms with Crippen molar-refractivity contribution in [2.24, 2.45) is 7.05 Å². The maximum absolute atomic E-state index is 13.0. The van der Waals surface area contributed by atoms with E-state index in [9.17, 15) is 4.39 Å². The third kappa shape index (κ3) is 2.20. The van der Waals surface area contributed by atoms with E-state index in [0.717, 1.165) is 22.8 Å². The van der Waals surface area contributed by atoms with Crippen LogP contribution in [0.2, 0.25) is 0 Å². The summed E-state index contributed by atoms with van der Waals surface area (Å²) in [5.41, 5.74) is 1.60. The maximum Gasteiger partial charge on any atom is 0.168 e. The topological polar surface area (TPSA) is 38.0 Å². The number of nitrogens with zero attached hydrogens (tertiary/aromatic N) is 2. The van der Waals surface area contributed by atoms with Crippen molar-refractivity contribution in [1.82, 2.24) is 9.55 Å². The summed E-state index contributed by atoms with van der Waals surface area (Å²) in [7, 11) is 1.91. The van der Waals surface area contributed by atoms with Crippen LogP contribution in [0.15, 0.2) is 23.4 Å². The molecule has 5 heteroatoms. The molecule has 1 heterocycles. The Labute approximate surface area is 97.3 Å². The van der Waals surface area contributed by atoms with Crippen LogP contribution in [-0.2, 0) is 7.05 Å². The SMILES string of the molecule is Cn1c(SCCCO)nc2cc(F)ccc21. The van der Waals surface area contributed by atoms with E-state index in [-0.39, 0.29) is 12.4 Å². The first-order valence-electron chi connectivity index (χ1n) is 5.08. The summed E-state index contributed by atoms with van der Waals surface area (Å²) < 4.78 is 14.9. The van der Waals surface area contributed by atoms with Crippen LogP contribution in [0.5, 0.6) is 0 Å². The van der Waals surface area contributed by atoms with Gasteiger partial charge < -0.3 is 9.67 Å². The third-order valence-electron chi connectivity index (χ3n) is 2.34. The molecular formula is C11H13FN2OS. The first-order chi connectivity index (χ1) is 7.72. The van der Waals surface area contributed by atoms with E-state index in [2.05, 4.69) is 4.98 Å². The Morgan fingerprint density at radius 2 is 2.31 bits per heavy atom. The van der Waals surface area contributed by atoms with Gasteiger partial charge in [-0.05, 0) is 18.6 Å². The van der Waals surface area contributed by atoms with E-state index in [1.165, 1.54) is 12.1 Å². The fraction of sp³-hybridized carbons (Fsp3) is 0.364. The van der Waals surface area contributed by atoms with Crippen LogP contribution in [-0.4, -0.2) is 27.0 Å². The Kier molecular flexibility index (Phi) is 3.46. The molecule has 86 valence electrons. The van der Waals surface area contributed by atoms with Gasteiger partial charge in [0.15, 0.2) is 5.16 Å². The van der Waals surface area contributed by atoms with E-state index in [4.69, 9.17) is 5.11 Å². The summed E-state index contributed by atoms with van der Waals surface area (Å²) in [6.07, 6.45) is 0.738. The maximum atomic E-state index is 13.0. The molecule has 1 N–H and O–H groups in total. The van der Waals surface area contributed by atoms with Crippen LogP contribution in [0.25, 0.3) is 11.0 Å². The van der Waals surface area contributed by atoms with Crippen molar-refractivity contribution in [3.8, 4) is 0 Å². The Balaban J connectivity index is 2.29. The lowest BCUT2D eigenvalue weighted by Crippen LogP contribution is -1.92. The minimum Gasteiger partial charge on any atom is -0.396 e. The van der Waals surface area contributed by atoms with Crippen LogP contribution >= 0.6 is 11.8 Å². The summed E-state index contributed by atoms with van der Waals surface area (Å²) >= 11 is 1.57. The average Bonchev–Trinajstić information content (AvgIpc) is 2.56. The fourth-order valence-electron chi connectivity index (χ4n) is 1.51. The molecule has 2 rings (SSSR count). The van der Waals surface area contributed by atoms with E-state index in [1.807, 2.05) is 11.6 Å². The summed E-state index contributed by atoms with van der Waals surface area (Å²) in [6, 6.07) is 4.60. The number of rotatable bonds is 4. The molecule has 16 heavy (non-hydrogen) atoms. The Hall–Kier alpha value is -1.07. The molecule has 0 bridgehead atoms. The fourth-order valence-corrected chi connectivity index (χ4v) is 2.42. The molecule has 0 fully saturated rings. The predicted octanol–water partition coefficient (Wildman–Crippen LogP) is 2.19. The van der Waals surface area contributed by atoms with Gasteiger partial charge >= 0.3 is 0 Å². The van der Waals surface area contributed by atoms with Crippen molar-refractivity contribution < 1.29 is 9.50 Å².